The first-order valence-corrected chi connectivity index (χ1v) is 21.1. The number of hydrogen-bond acceptors (Lipinski definition) is 12. The number of carbonyl (C=O) groups excluding carboxylic acids is 6. The van der Waals surface area contributed by atoms with E-state index in [0.29, 0.717) is 25.7 Å². The van der Waals surface area contributed by atoms with Gasteiger partial charge in [0.1, 0.15) is 35.3 Å². The van der Waals surface area contributed by atoms with E-state index in [0.717, 1.165) is 6.42 Å². The average Bonchev–Trinajstić information content (AvgIpc) is 3.16. The molecule has 0 aromatic rings. The maximum Gasteiger partial charge on any atom is 0.305 e. The predicted molar refractivity (Wildman–Crippen MR) is 210 cm³/mol. The van der Waals surface area contributed by atoms with E-state index >= 15 is 0 Å². The van der Waals surface area contributed by atoms with Crippen LogP contribution in [-0.2, 0) is 347 Å². The van der Waals surface area contributed by atoms with E-state index < -0.39 is 42.7 Å². The van der Waals surface area contributed by atoms with Gasteiger partial charge in [-0.25, -0.2) is 6.61 Å². The Hall–Kier alpha value is 7.40. The van der Waals surface area contributed by atoms with E-state index in [1.165, 1.54) is 0 Å². The first-order chi connectivity index (χ1) is 26.6. The van der Waals surface area contributed by atoms with Crippen molar-refractivity contribution in [2.24, 2.45) is 35.5 Å². The SMILES string of the molecule is [CH2-]C1OC(OCC2[CH-]C(CC(=O)CC(O)CC)C(CC(=O)CC(C)CC)[CH-]O2)C(CC(=O)CC(CC)OC(=O)CC)C(CC(=O)CC(CC)OC(=O)CC)C1C.[Y].[Y].[Y].[Y].[Y].[Y].[Y].[Y].[Y]. The summed E-state index contributed by atoms with van der Waals surface area (Å²) in [4.78, 5) is 77.3. The van der Waals surface area contributed by atoms with Gasteiger partial charge in [-0.05, 0) is 49.9 Å². The van der Waals surface area contributed by atoms with Crippen molar-refractivity contribution in [1.82, 2.24) is 0 Å². The standard InChI is InChI=1S/C44H71O12.9Y/c1-10-27(7)16-33(46)18-31-25-52-39(19-30(31)17-34(47)20-32(45)11-2)26-53-44-41(24-36(49)22-38(13-4)56-43(51)15-6)40(28(8)29(9)54-44)23-35(48)21-37(12-3)55-42(50)14-5;;;;;;;;;/h19,25,27-32,37-41,44-45H,9-18,20-24,26H2,1-8H3;;;;;;;;;/q-3;;;;;;;;;. The molecule has 2 aliphatic rings. The fourth-order valence-corrected chi connectivity index (χ4v) is 7.39. The molecule has 0 aromatic carbocycles. The van der Waals surface area contributed by atoms with Gasteiger partial charge < -0.3 is 42.1 Å². The number of carbonyl (C=O) groups is 6. The number of aliphatic hydroxyl groups is 1. The minimum absolute atomic E-state index is 0. The van der Waals surface area contributed by atoms with Crippen LogP contribution in [0.25, 0.3) is 0 Å². The third-order valence-electron chi connectivity index (χ3n) is 11.4. The van der Waals surface area contributed by atoms with Gasteiger partial charge in [0, 0.05) is 358 Å². The van der Waals surface area contributed by atoms with Crippen molar-refractivity contribution in [2.45, 2.75) is 182 Å². The molecule has 0 amide bonds. The molecule has 0 spiro atoms. The number of hydrogen-bond donors (Lipinski definition) is 1. The molecule has 0 saturated carbocycles. The Morgan fingerprint density at radius 1 is 0.615 bits per heavy atom. The molecule has 2 rings (SSSR count). The molecule has 0 aliphatic carbocycles. The van der Waals surface area contributed by atoms with E-state index in [2.05, 4.69) is 6.92 Å². The minimum Gasteiger partial charge on any atom is -0.572 e. The minimum atomic E-state index is -0.944. The van der Waals surface area contributed by atoms with Crippen molar-refractivity contribution in [2.75, 3.05) is 6.61 Å². The molecule has 12 nitrogen and oxygen atoms in total. The third-order valence-corrected chi connectivity index (χ3v) is 11.4. The molecule has 0 bridgehead atoms. The Bertz CT molecular complexity index is 1290. The molecular weight excluding hydrogens is 1520 g/mol. The Morgan fingerprint density at radius 3 is 1.51 bits per heavy atom. The van der Waals surface area contributed by atoms with Crippen molar-refractivity contribution in [3.05, 3.63) is 20.0 Å². The topological polar surface area (TPSA) is 169 Å². The van der Waals surface area contributed by atoms with E-state index in [1.807, 2.05) is 48.0 Å². The smallest absolute Gasteiger partial charge is 0.305 e. The second kappa shape index (κ2) is 50.9. The summed E-state index contributed by atoms with van der Waals surface area (Å²) >= 11 is 0. The zero-order chi connectivity index (χ0) is 41.9. The van der Waals surface area contributed by atoms with Gasteiger partial charge in [0.05, 0.1) is 6.10 Å². The van der Waals surface area contributed by atoms with Crippen molar-refractivity contribution >= 4 is 35.1 Å². The van der Waals surface area contributed by atoms with Crippen molar-refractivity contribution in [3.63, 3.8) is 0 Å². The fraction of sp³-hybridized carbons (Fsp3) is 0.795. The number of Topliss-reactive ketones (excluding diaryl/α,β-unsaturated/α-hetero) is 4. The van der Waals surface area contributed by atoms with E-state index in [4.69, 9.17) is 23.7 Å². The molecule has 9 radical (unpaired) electrons. The summed E-state index contributed by atoms with van der Waals surface area (Å²) in [5.74, 6) is -2.60. The quantitative estimate of drug-likeness (QED) is 0.0657. The van der Waals surface area contributed by atoms with Gasteiger partial charge >= 0.3 is 11.9 Å². The number of ether oxygens (including phenoxy) is 5. The average molecular weight is 1590 g/mol. The van der Waals surface area contributed by atoms with Gasteiger partial charge in [-0.15, -0.1) is 0 Å². The molecule has 2 saturated heterocycles. The Kier molecular flexibility index (Phi) is 69.6. The summed E-state index contributed by atoms with van der Waals surface area (Å²) in [6, 6.07) is 0. The van der Waals surface area contributed by atoms with Crippen molar-refractivity contribution in [1.29, 1.82) is 0 Å². The summed E-state index contributed by atoms with van der Waals surface area (Å²) in [6.45, 7) is 20.8. The van der Waals surface area contributed by atoms with E-state index in [9.17, 15) is 33.9 Å². The Balaban J connectivity index is -0.000000602. The van der Waals surface area contributed by atoms with Crippen LogP contribution >= 0.6 is 0 Å². The summed E-state index contributed by atoms with van der Waals surface area (Å²) < 4.78 is 29.8. The molecule has 12 atom stereocenters. The number of aliphatic hydroxyl groups excluding tert-OH is 1. The largest absolute Gasteiger partial charge is 0.572 e. The van der Waals surface area contributed by atoms with Gasteiger partial charge in [-0.2, -0.15) is 11.8 Å². The maximum atomic E-state index is 13.7. The molecule has 0 aromatic heterocycles. The monoisotopic (exact) mass is 1590 g/mol. The van der Waals surface area contributed by atoms with Gasteiger partial charge in [0.2, 0.25) is 0 Å². The second-order valence-corrected chi connectivity index (χ2v) is 16.0. The summed E-state index contributed by atoms with van der Waals surface area (Å²) in [5.41, 5.74) is 0. The van der Waals surface area contributed by atoms with Crippen LogP contribution in [0.4, 0.5) is 0 Å². The summed E-state index contributed by atoms with van der Waals surface area (Å²) in [6.07, 6.45) is 1.57. The van der Waals surface area contributed by atoms with Gasteiger partial charge in [-0.3, -0.25) is 28.8 Å². The maximum absolute atomic E-state index is 13.7. The molecule has 2 fully saturated rings. The predicted octanol–water partition coefficient (Wildman–Crippen LogP) is 7.08. The molecular formula is C44H71O12Y9-3. The third kappa shape index (κ3) is 36.2. The van der Waals surface area contributed by atoms with E-state index in [1.54, 1.807) is 20.5 Å². The van der Waals surface area contributed by atoms with Crippen LogP contribution in [0.5, 0.6) is 0 Å². The molecule has 1 N–H and O–H groups in total. The van der Waals surface area contributed by atoms with Crippen LogP contribution in [0.1, 0.15) is 145 Å². The zero-order valence-electron chi connectivity index (χ0n) is 40.5. The van der Waals surface area contributed by atoms with Gasteiger partial charge in [0.15, 0.2) is 6.29 Å². The van der Waals surface area contributed by atoms with Gasteiger partial charge in [-0.1, -0.05) is 74.0 Å². The number of ketones is 4. The molecule has 12 unspecified atom stereocenters. The van der Waals surface area contributed by atoms with Crippen LogP contribution in [0.2, 0.25) is 0 Å². The van der Waals surface area contributed by atoms with Crippen LogP contribution in [-0.4, -0.2) is 83.6 Å². The van der Waals surface area contributed by atoms with E-state index in [-0.39, 0.29) is 423 Å². The molecule has 2 aliphatic heterocycles. The molecule has 65 heavy (non-hydrogen) atoms. The van der Waals surface area contributed by atoms with Crippen LogP contribution in [0.15, 0.2) is 0 Å². The summed E-state index contributed by atoms with van der Waals surface area (Å²) in [5, 5.41) is 10.1. The Morgan fingerprint density at radius 2 is 1.06 bits per heavy atom. The van der Waals surface area contributed by atoms with Crippen molar-refractivity contribution in [3.8, 4) is 0 Å². The molecule has 349 valence electrons. The fourth-order valence-electron chi connectivity index (χ4n) is 7.39. The first kappa shape index (κ1) is 89.0. The molecule has 2 heterocycles. The first-order valence-electron chi connectivity index (χ1n) is 21.1. The van der Waals surface area contributed by atoms with Gasteiger partial charge in [0.25, 0.3) is 0 Å². The normalized spacial score (nSPS) is 23.6. The second-order valence-electron chi connectivity index (χ2n) is 16.0. The zero-order valence-corrected chi connectivity index (χ0v) is 66.1. The Labute approximate surface area is 618 Å². The molecule has 21 heteroatoms. The number of esters is 2. The summed E-state index contributed by atoms with van der Waals surface area (Å²) in [7, 11) is 0. The van der Waals surface area contributed by atoms with Crippen LogP contribution < -0.4 is 0 Å². The van der Waals surface area contributed by atoms with Crippen LogP contribution in [0.3, 0.4) is 0 Å². The number of rotatable bonds is 27. The van der Waals surface area contributed by atoms with Crippen LogP contribution in [0, 0.1) is 55.5 Å². The van der Waals surface area contributed by atoms with Crippen molar-refractivity contribution < 1.29 is 352 Å².